The number of morpholine rings is 1. The van der Waals surface area contributed by atoms with Gasteiger partial charge in [0.25, 0.3) is 0 Å². The average Bonchev–Trinajstić information content (AvgIpc) is 2.68. The summed E-state index contributed by atoms with van der Waals surface area (Å²) < 4.78 is 5.39. The summed E-state index contributed by atoms with van der Waals surface area (Å²) >= 11 is 0. The minimum Gasteiger partial charge on any atom is -0.379 e. The van der Waals surface area contributed by atoms with Gasteiger partial charge in [0.1, 0.15) is 6.54 Å². The van der Waals surface area contributed by atoms with E-state index < -0.39 is 0 Å². The van der Waals surface area contributed by atoms with Crippen molar-refractivity contribution in [1.29, 1.82) is 0 Å². The predicted molar refractivity (Wildman–Crippen MR) is 118 cm³/mol. The van der Waals surface area contributed by atoms with Gasteiger partial charge in [0.2, 0.25) is 5.91 Å². The van der Waals surface area contributed by atoms with Crippen LogP contribution in [0.3, 0.4) is 0 Å². The lowest BCUT2D eigenvalue weighted by atomic mass is 10.1. The molecule has 1 aliphatic heterocycles. The van der Waals surface area contributed by atoms with E-state index in [1.165, 1.54) is 16.7 Å². The summed E-state index contributed by atoms with van der Waals surface area (Å²) in [5, 5.41) is 6.75. The number of rotatable bonds is 9. The Morgan fingerprint density at radius 3 is 2.41 bits per heavy atom. The lowest BCUT2D eigenvalue weighted by molar-refractivity contribution is -0.127. The summed E-state index contributed by atoms with van der Waals surface area (Å²) in [6.07, 6.45) is 1.94. The molecule has 1 heterocycles. The van der Waals surface area contributed by atoms with Gasteiger partial charge in [-0.25, -0.2) is 4.99 Å². The topological polar surface area (TPSA) is 69.2 Å². The molecule has 7 heteroatoms. The molecule has 1 fully saturated rings. The third-order valence-corrected chi connectivity index (χ3v) is 4.91. The Morgan fingerprint density at radius 1 is 1.10 bits per heavy atom. The summed E-state index contributed by atoms with van der Waals surface area (Å²) in [6.45, 7) is 10.7. The Bertz CT molecular complexity index is 649. The molecular formula is C22H37N5O2. The Morgan fingerprint density at radius 2 is 1.76 bits per heavy atom. The van der Waals surface area contributed by atoms with Crippen molar-refractivity contribution < 1.29 is 9.53 Å². The Balaban J connectivity index is 1.81. The molecule has 0 aromatic heterocycles. The van der Waals surface area contributed by atoms with E-state index in [2.05, 4.69) is 52.6 Å². The van der Waals surface area contributed by atoms with E-state index in [4.69, 9.17) is 4.74 Å². The van der Waals surface area contributed by atoms with Crippen LogP contribution in [0.2, 0.25) is 0 Å². The summed E-state index contributed by atoms with van der Waals surface area (Å²) in [7, 11) is 3.50. The van der Waals surface area contributed by atoms with Crippen molar-refractivity contribution in [1.82, 2.24) is 20.4 Å². The molecule has 1 aliphatic rings. The minimum absolute atomic E-state index is 0.00581. The third kappa shape index (κ3) is 9.28. The van der Waals surface area contributed by atoms with Crippen LogP contribution < -0.4 is 10.6 Å². The van der Waals surface area contributed by atoms with Crippen LogP contribution in [0.5, 0.6) is 0 Å². The molecule has 0 bridgehead atoms. The molecule has 1 amide bonds. The quantitative estimate of drug-likeness (QED) is 0.368. The van der Waals surface area contributed by atoms with Crippen LogP contribution in [0.1, 0.15) is 23.1 Å². The van der Waals surface area contributed by atoms with E-state index >= 15 is 0 Å². The number of guanidine groups is 1. The van der Waals surface area contributed by atoms with Gasteiger partial charge in [0.15, 0.2) is 5.96 Å². The molecule has 2 rings (SSSR count). The number of aliphatic imine (C=N–C) groups is 1. The van der Waals surface area contributed by atoms with Gasteiger partial charge >= 0.3 is 0 Å². The molecule has 0 aliphatic carbocycles. The van der Waals surface area contributed by atoms with Gasteiger partial charge in [0, 0.05) is 40.3 Å². The first-order chi connectivity index (χ1) is 13.9. The Hall–Kier alpha value is -2.12. The largest absolute Gasteiger partial charge is 0.379 e. The molecule has 0 spiro atoms. The zero-order chi connectivity index (χ0) is 21.1. The van der Waals surface area contributed by atoms with E-state index in [9.17, 15) is 4.79 Å². The highest BCUT2D eigenvalue weighted by atomic mass is 16.5. The number of aryl methyl sites for hydroxylation is 2. The fraction of sp³-hybridized carbons (Fsp3) is 0.636. The van der Waals surface area contributed by atoms with Crippen LogP contribution in [0.4, 0.5) is 0 Å². The number of carbonyl (C=O) groups is 1. The Labute approximate surface area is 175 Å². The second kappa shape index (κ2) is 12.4. The maximum absolute atomic E-state index is 11.9. The first-order valence-corrected chi connectivity index (χ1v) is 10.5. The molecule has 0 saturated carbocycles. The van der Waals surface area contributed by atoms with E-state index in [1.807, 2.05) is 0 Å². The smallest absolute Gasteiger partial charge is 0.243 e. The van der Waals surface area contributed by atoms with Gasteiger partial charge in [0.05, 0.1) is 13.2 Å². The highest BCUT2D eigenvalue weighted by molar-refractivity contribution is 5.84. The van der Waals surface area contributed by atoms with E-state index in [0.717, 1.165) is 58.8 Å². The number of nitrogens with one attached hydrogen (secondary N) is 2. The fourth-order valence-electron chi connectivity index (χ4n) is 3.34. The highest BCUT2D eigenvalue weighted by Crippen LogP contribution is 2.09. The molecule has 162 valence electrons. The van der Waals surface area contributed by atoms with Crippen LogP contribution in [0.15, 0.2) is 23.2 Å². The van der Waals surface area contributed by atoms with Crippen molar-refractivity contribution >= 4 is 11.9 Å². The van der Waals surface area contributed by atoms with Crippen molar-refractivity contribution in [3.63, 3.8) is 0 Å². The number of nitrogens with zero attached hydrogens (tertiary/aromatic N) is 3. The van der Waals surface area contributed by atoms with Crippen molar-refractivity contribution in [2.45, 2.75) is 26.7 Å². The third-order valence-electron chi connectivity index (χ3n) is 4.91. The monoisotopic (exact) mass is 403 g/mol. The van der Waals surface area contributed by atoms with Gasteiger partial charge in [-0.2, -0.15) is 0 Å². The first-order valence-electron chi connectivity index (χ1n) is 10.5. The maximum Gasteiger partial charge on any atom is 0.243 e. The fourth-order valence-corrected chi connectivity index (χ4v) is 3.34. The van der Waals surface area contributed by atoms with Crippen molar-refractivity contribution in [2.24, 2.45) is 4.99 Å². The van der Waals surface area contributed by atoms with Crippen molar-refractivity contribution in [3.05, 3.63) is 34.9 Å². The summed E-state index contributed by atoms with van der Waals surface area (Å²) in [5.74, 6) is 0.695. The van der Waals surface area contributed by atoms with Gasteiger partial charge in [-0.05, 0) is 38.8 Å². The molecule has 1 saturated heterocycles. The molecule has 1 aromatic rings. The van der Waals surface area contributed by atoms with Gasteiger partial charge < -0.3 is 20.3 Å². The van der Waals surface area contributed by atoms with E-state index in [1.54, 1.807) is 19.0 Å². The maximum atomic E-state index is 11.9. The molecule has 1 aromatic carbocycles. The summed E-state index contributed by atoms with van der Waals surface area (Å²) in [5.41, 5.74) is 3.88. The van der Waals surface area contributed by atoms with Gasteiger partial charge in [-0.15, -0.1) is 0 Å². The zero-order valence-corrected chi connectivity index (χ0v) is 18.5. The van der Waals surface area contributed by atoms with Crippen LogP contribution in [0, 0.1) is 13.8 Å². The predicted octanol–water partition coefficient (Wildman–Crippen LogP) is 1.19. The number of benzene rings is 1. The Kier molecular flexibility index (Phi) is 9.94. The highest BCUT2D eigenvalue weighted by Gasteiger charge is 2.10. The molecule has 7 nitrogen and oxygen atoms in total. The second-order valence-corrected chi connectivity index (χ2v) is 7.86. The number of hydrogen-bond acceptors (Lipinski definition) is 4. The molecule has 0 radical (unpaired) electrons. The number of likely N-dealkylation sites (N-methyl/N-ethyl adjacent to an activating group) is 1. The van der Waals surface area contributed by atoms with Crippen LogP contribution >= 0.6 is 0 Å². The van der Waals surface area contributed by atoms with Crippen LogP contribution in [-0.2, 0) is 16.0 Å². The van der Waals surface area contributed by atoms with E-state index in [-0.39, 0.29) is 12.5 Å². The number of ether oxygens (including phenoxy) is 1. The lowest BCUT2D eigenvalue weighted by Gasteiger charge is -2.26. The van der Waals surface area contributed by atoms with Crippen molar-refractivity contribution in [3.8, 4) is 0 Å². The summed E-state index contributed by atoms with van der Waals surface area (Å²) in [4.78, 5) is 20.4. The standard InChI is InChI=1S/C22H37N5O2/c1-18-14-19(2)16-20(15-18)6-8-24-22(25-17-21(28)26(3)4)23-7-5-9-27-10-12-29-13-11-27/h14-16H,5-13,17H2,1-4H3,(H2,23,24,25). The van der Waals surface area contributed by atoms with E-state index in [0.29, 0.717) is 5.96 Å². The minimum atomic E-state index is -0.00581. The zero-order valence-electron chi connectivity index (χ0n) is 18.5. The SMILES string of the molecule is Cc1cc(C)cc(CCNC(=NCC(=O)N(C)C)NCCCN2CCOCC2)c1. The van der Waals surface area contributed by atoms with Gasteiger partial charge in [-0.3, -0.25) is 9.69 Å². The van der Waals surface area contributed by atoms with Gasteiger partial charge in [-0.1, -0.05) is 29.3 Å². The summed E-state index contributed by atoms with van der Waals surface area (Å²) in [6, 6.07) is 6.63. The molecule has 0 atom stereocenters. The van der Waals surface area contributed by atoms with Crippen molar-refractivity contribution in [2.75, 3.05) is 66.6 Å². The molecule has 0 unspecified atom stereocenters. The molecular weight excluding hydrogens is 366 g/mol. The normalized spacial score (nSPS) is 15.2. The first kappa shape index (κ1) is 23.2. The van der Waals surface area contributed by atoms with Crippen LogP contribution in [0.25, 0.3) is 0 Å². The number of carbonyl (C=O) groups excluding carboxylic acids is 1. The lowest BCUT2D eigenvalue weighted by Crippen LogP contribution is -2.41. The molecule has 29 heavy (non-hydrogen) atoms. The van der Waals surface area contributed by atoms with Crippen LogP contribution in [-0.4, -0.2) is 88.2 Å². The number of hydrogen-bond donors (Lipinski definition) is 2. The molecule has 2 N–H and O–H groups in total. The second-order valence-electron chi connectivity index (χ2n) is 7.86. The number of amides is 1. The average molecular weight is 404 g/mol.